The van der Waals surface area contributed by atoms with Gasteiger partial charge in [-0.1, -0.05) is 6.42 Å². The first-order chi connectivity index (χ1) is 7.36. The lowest BCUT2D eigenvalue weighted by Crippen LogP contribution is -2.38. The molecule has 2 atom stereocenters. The number of piperidine rings is 1. The summed E-state index contributed by atoms with van der Waals surface area (Å²) < 4.78 is 0. The molecule has 0 spiro atoms. The predicted molar refractivity (Wildman–Crippen MR) is 65.1 cm³/mol. The summed E-state index contributed by atoms with van der Waals surface area (Å²) >= 11 is 0. The van der Waals surface area contributed by atoms with E-state index < -0.39 is 0 Å². The molecule has 2 aliphatic rings. The Hall–Kier alpha value is -0.0800. The molecule has 2 saturated heterocycles. The van der Waals surface area contributed by atoms with E-state index in [2.05, 4.69) is 17.1 Å². The van der Waals surface area contributed by atoms with Crippen molar-refractivity contribution in [2.75, 3.05) is 19.6 Å². The van der Waals surface area contributed by atoms with Crippen molar-refractivity contribution in [3.05, 3.63) is 0 Å². The zero-order valence-electron chi connectivity index (χ0n) is 10.2. The van der Waals surface area contributed by atoms with Gasteiger partial charge in [0.2, 0.25) is 0 Å². The molecule has 1 N–H and O–H groups in total. The second-order valence-electron chi connectivity index (χ2n) is 5.32. The molecule has 2 heterocycles. The topological polar surface area (TPSA) is 15.3 Å². The monoisotopic (exact) mass is 210 g/mol. The summed E-state index contributed by atoms with van der Waals surface area (Å²) in [5.74, 6) is 0. The van der Waals surface area contributed by atoms with Gasteiger partial charge in [-0.15, -0.1) is 0 Å². The molecule has 0 aromatic heterocycles. The third-order valence-corrected chi connectivity index (χ3v) is 4.10. The number of nitrogens with zero attached hydrogens (tertiary/aromatic N) is 1. The molecule has 2 aliphatic heterocycles. The van der Waals surface area contributed by atoms with Crippen molar-refractivity contribution in [2.45, 2.75) is 64.0 Å². The normalized spacial score (nSPS) is 33.4. The molecule has 0 bridgehead atoms. The first-order valence-electron chi connectivity index (χ1n) is 6.83. The van der Waals surface area contributed by atoms with Crippen molar-refractivity contribution in [1.82, 2.24) is 10.2 Å². The highest BCUT2D eigenvalue weighted by Gasteiger charge is 2.18. The molecule has 0 aliphatic carbocycles. The maximum absolute atomic E-state index is 3.59. The highest BCUT2D eigenvalue weighted by Crippen LogP contribution is 2.18. The van der Waals surface area contributed by atoms with Gasteiger partial charge in [-0.2, -0.15) is 0 Å². The van der Waals surface area contributed by atoms with Crippen LogP contribution in [0.2, 0.25) is 0 Å². The summed E-state index contributed by atoms with van der Waals surface area (Å²) in [5.41, 5.74) is 0. The fourth-order valence-electron chi connectivity index (χ4n) is 3.03. The van der Waals surface area contributed by atoms with Crippen LogP contribution in [-0.2, 0) is 0 Å². The van der Waals surface area contributed by atoms with E-state index in [4.69, 9.17) is 0 Å². The molecule has 0 aromatic carbocycles. The summed E-state index contributed by atoms with van der Waals surface area (Å²) in [7, 11) is 0. The number of hydrogen-bond acceptors (Lipinski definition) is 2. The average molecular weight is 210 g/mol. The maximum Gasteiger partial charge on any atom is 0.00680 e. The molecule has 88 valence electrons. The minimum absolute atomic E-state index is 0.838. The van der Waals surface area contributed by atoms with E-state index in [0.29, 0.717) is 0 Å². The Bertz CT molecular complexity index is 175. The molecule has 0 aromatic rings. The van der Waals surface area contributed by atoms with Crippen LogP contribution in [0.1, 0.15) is 51.9 Å². The van der Waals surface area contributed by atoms with Gasteiger partial charge in [0.05, 0.1) is 0 Å². The highest BCUT2D eigenvalue weighted by atomic mass is 15.2. The number of nitrogens with one attached hydrogen (secondary N) is 1. The van der Waals surface area contributed by atoms with E-state index in [-0.39, 0.29) is 0 Å². The smallest absolute Gasteiger partial charge is 0.00680 e. The second kappa shape index (κ2) is 5.86. The van der Waals surface area contributed by atoms with Crippen molar-refractivity contribution in [2.24, 2.45) is 0 Å². The highest BCUT2D eigenvalue weighted by molar-refractivity contribution is 4.76. The van der Waals surface area contributed by atoms with E-state index in [1.807, 2.05) is 0 Å². The Morgan fingerprint density at radius 3 is 2.87 bits per heavy atom. The Labute approximate surface area is 94.4 Å². The molecule has 0 amide bonds. The van der Waals surface area contributed by atoms with Gasteiger partial charge in [0.1, 0.15) is 0 Å². The SMILES string of the molecule is CC1CCCCN1CCCC1CCCN1. The summed E-state index contributed by atoms with van der Waals surface area (Å²) in [6.07, 6.45) is 9.88. The van der Waals surface area contributed by atoms with E-state index in [9.17, 15) is 0 Å². The van der Waals surface area contributed by atoms with E-state index in [0.717, 1.165) is 12.1 Å². The van der Waals surface area contributed by atoms with Gasteiger partial charge in [0, 0.05) is 12.1 Å². The summed E-state index contributed by atoms with van der Waals surface area (Å²) in [4.78, 5) is 2.69. The number of likely N-dealkylation sites (tertiary alicyclic amines) is 1. The maximum atomic E-state index is 3.59. The largest absolute Gasteiger partial charge is 0.314 e. The van der Waals surface area contributed by atoms with Crippen LogP contribution in [-0.4, -0.2) is 36.6 Å². The van der Waals surface area contributed by atoms with Crippen LogP contribution in [0.4, 0.5) is 0 Å². The van der Waals surface area contributed by atoms with Crippen LogP contribution in [0.5, 0.6) is 0 Å². The number of hydrogen-bond donors (Lipinski definition) is 1. The minimum atomic E-state index is 0.838. The van der Waals surface area contributed by atoms with E-state index >= 15 is 0 Å². The van der Waals surface area contributed by atoms with Gasteiger partial charge in [-0.05, 0) is 65.1 Å². The minimum Gasteiger partial charge on any atom is -0.314 e. The van der Waals surface area contributed by atoms with Gasteiger partial charge in [-0.25, -0.2) is 0 Å². The standard InChI is InChI=1S/C13H26N2/c1-12-6-2-3-10-15(12)11-5-8-13-7-4-9-14-13/h12-14H,2-11H2,1H3. The van der Waals surface area contributed by atoms with Gasteiger partial charge in [0.25, 0.3) is 0 Å². The van der Waals surface area contributed by atoms with Gasteiger partial charge >= 0.3 is 0 Å². The van der Waals surface area contributed by atoms with Crippen LogP contribution in [0.3, 0.4) is 0 Å². The van der Waals surface area contributed by atoms with Crippen LogP contribution >= 0.6 is 0 Å². The van der Waals surface area contributed by atoms with Crippen LogP contribution in [0, 0.1) is 0 Å². The molecular weight excluding hydrogens is 184 g/mol. The van der Waals surface area contributed by atoms with Crippen molar-refractivity contribution in [3.63, 3.8) is 0 Å². The first-order valence-corrected chi connectivity index (χ1v) is 6.83. The quantitative estimate of drug-likeness (QED) is 0.766. The van der Waals surface area contributed by atoms with E-state index in [1.54, 1.807) is 0 Å². The summed E-state index contributed by atoms with van der Waals surface area (Å²) in [5, 5.41) is 3.59. The molecule has 2 unspecified atom stereocenters. The van der Waals surface area contributed by atoms with Crippen LogP contribution < -0.4 is 5.32 Å². The Balaban J connectivity index is 1.59. The molecule has 15 heavy (non-hydrogen) atoms. The molecule has 2 nitrogen and oxygen atoms in total. The molecule has 0 saturated carbocycles. The van der Waals surface area contributed by atoms with Gasteiger partial charge < -0.3 is 10.2 Å². The van der Waals surface area contributed by atoms with Gasteiger partial charge in [0.15, 0.2) is 0 Å². The summed E-state index contributed by atoms with van der Waals surface area (Å²) in [6.45, 7) is 6.33. The van der Waals surface area contributed by atoms with Crippen LogP contribution in [0.15, 0.2) is 0 Å². The zero-order valence-corrected chi connectivity index (χ0v) is 10.2. The Kier molecular flexibility index (Phi) is 4.45. The zero-order chi connectivity index (χ0) is 10.5. The first kappa shape index (κ1) is 11.4. The molecular formula is C13H26N2. The molecule has 2 fully saturated rings. The lowest BCUT2D eigenvalue weighted by molar-refractivity contribution is 0.156. The Morgan fingerprint density at radius 2 is 2.13 bits per heavy atom. The van der Waals surface area contributed by atoms with Gasteiger partial charge in [-0.3, -0.25) is 0 Å². The molecule has 2 rings (SSSR count). The van der Waals surface area contributed by atoms with Crippen LogP contribution in [0.25, 0.3) is 0 Å². The number of rotatable bonds is 4. The lowest BCUT2D eigenvalue weighted by Gasteiger charge is -2.33. The fraction of sp³-hybridized carbons (Fsp3) is 1.00. The summed E-state index contributed by atoms with van der Waals surface area (Å²) in [6, 6.07) is 1.68. The lowest BCUT2D eigenvalue weighted by atomic mass is 10.0. The third-order valence-electron chi connectivity index (χ3n) is 4.10. The average Bonchev–Trinajstić information content (AvgIpc) is 2.74. The van der Waals surface area contributed by atoms with Crippen molar-refractivity contribution < 1.29 is 0 Å². The predicted octanol–water partition coefficient (Wildman–Crippen LogP) is 2.39. The second-order valence-corrected chi connectivity index (χ2v) is 5.32. The fourth-order valence-corrected chi connectivity index (χ4v) is 3.03. The molecule has 2 heteroatoms. The van der Waals surface area contributed by atoms with E-state index in [1.165, 1.54) is 64.6 Å². The van der Waals surface area contributed by atoms with Crippen molar-refractivity contribution in [3.8, 4) is 0 Å². The van der Waals surface area contributed by atoms with Crippen molar-refractivity contribution in [1.29, 1.82) is 0 Å². The third kappa shape index (κ3) is 3.46. The van der Waals surface area contributed by atoms with Crippen molar-refractivity contribution >= 4 is 0 Å². The molecule has 0 radical (unpaired) electrons. The Morgan fingerprint density at radius 1 is 1.20 bits per heavy atom.